The number of hydrogen-bond donors (Lipinski definition) is 0. The lowest BCUT2D eigenvalue weighted by atomic mass is 10.0. The van der Waals surface area contributed by atoms with Gasteiger partial charge in [-0.25, -0.2) is 9.78 Å². The van der Waals surface area contributed by atoms with Gasteiger partial charge < -0.3 is 9.47 Å². The zero-order valence-corrected chi connectivity index (χ0v) is 20.6. The predicted octanol–water partition coefficient (Wildman–Crippen LogP) is 3.80. The Bertz CT molecular complexity index is 1590. The fourth-order valence-electron chi connectivity index (χ4n) is 4.58. The first-order valence-electron chi connectivity index (χ1n) is 11.6. The number of aryl methyl sites for hydroxylation is 2. The number of ether oxygens (including phenoxy) is 2. The number of nitrogens with zero attached hydrogens (tertiary/aromatic N) is 6. The third kappa shape index (κ3) is 3.77. The second-order valence-electron chi connectivity index (χ2n) is 8.45. The maximum absolute atomic E-state index is 13.5. The van der Waals surface area contributed by atoms with E-state index < -0.39 is 0 Å². The molecule has 4 aromatic heterocycles. The van der Waals surface area contributed by atoms with Gasteiger partial charge in [0.1, 0.15) is 0 Å². The van der Waals surface area contributed by atoms with Crippen molar-refractivity contribution in [2.24, 2.45) is 7.05 Å². The highest BCUT2D eigenvalue weighted by Gasteiger charge is 2.22. The van der Waals surface area contributed by atoms with Gasteiger partial charge in [-0.2, -0.15) is 5.10 Å². The smallest absolute Gasteiger partial charge is 0.333 e. The standard InChI is InChI=1S/C26H28N6O3/c1-6-35-23-10-8-19(14-28-23)18-7-9-21-20(13-18)25-22(15-27-21)30(4)26(33)32(25)24-16(2)29-31(17(24)3)11-12-34-5/h7-10,13-15H,6,11-12H2,1-5H3. The molecule has 5 aromatic rings. The van der Waals surface area contributed by atoms with Crippen LogP contribution in [0.5, 0.6) is 5.88 Å². The summed E-state index contributed by atoms with van der Waals surface area (Å²) in [7, 11) is 3.44. The van der Waals surface area contributed by atoms with Crippen molar-refractivity contribution in [1.82, 2.24) is 28.9 Å². The SMILES string of the molecule is CCOc1ccc(-c2ccc3ncc4c(c3c2)n(-c2c(C)nn(CCOC)c2C)c(=O)n4C)cn1. The zero-order chi connectivity index (χ0) is 24.7. The summed E-state index contributed by atoms with van der Waals surface area (Å²) in [6, 6.07) is 9.91. The van der Waals surface area contributed by atoms with Crippen molar-refractivity contribution in [3.05, 3.63) is 64.6 Å². The lowest BCUT2D eigenvalue weighted by molar-refractivity contribution is 0.182. The summed E-state index contributed by atoms with van der Waals surface area (Å²) < 4.78 is 16.0. The van der Waals surface area contributed by atoms with Crippen LogP contribution >= 0.6 is 0 Å². The molecule has 5 rings (SSSR count). The highest BCUT2D eigenvalue weighted by molar-refractivity contribution is 6.04. The van der Waals surface area contributed by atoms with Crippen LogP contribution in [0.2, 0.25) is 0 Å². The summed E-state index contributed by atoms with van der Waals surface area (Å²) >= 11 is 0. The number of aromatic nitrogens is 6. The van der Waals surface area contributed by atoms with Crippen LogP contribution in [-0.2, 0) is 18.3 Å². The largest absolute Gasteiger partial charge is 0.478 e. The Morgan fingerprint density at radius 1 is 1.03 bits per heavy atom. The molecule has 35 heavy (non-hydrogen) atoms. The van der Waals surface area contributed by atoms with Gasteiger partial charge in [-0.05, 0) is 44.5 Å². The van der Waals surface area contributed by atoms with E-state index in [1.54, 1.807) is 35.7 Å². The van der Waals surface area contributed by atoms with E-state index in [0.717, 1.165) is 50.1 Å². The molecule has 0 fully saturated rings. The van der Waals surface area contributed by atoms with E-state index in [4.69, 9.17) is 9.47 Å². The monoisotopic (exact) mass is 472 g/mol. The van der Waals surface area contributed by atoms with E-state index in [2.05, 4.69) is 21.1 Å². The van der Waals surface area contributed by atoms with Crippen molar-refractivity contribution in [1.29, 1.82) is 0 Å². The Morgan fingerprint density at radius 3 is 2.54 bits per heavy atom. The highest BCUT2D eigenvalue weighted by atomic mass is 16.5. The number of pyridine rings is 2. The molecule has 0 aliphatic rings. The fourth-order valence-corrected chi connectivity index (χ4v) is 4.58. The molecule has 180 valence electrons. The van der Waals surface area contributed by atoms with Gasteiger partial charge in [0, 0.05) is 37.4 Å². The van der Waals surface area contributed by atoms with Crippen molar-refractivity contribution in [2.75, 3.05) is 20.3 Å². The van der Waals surface area contributed by atoms with Crippen molar-refractivity contribution >= 4 is 21.9 Å². The molecule has 9 nitrogen and oxygen atoms in total. The molecule has 0 radical (unpaired) electrons. The third-order valence-corrected chi connectivity index (χ3v) is 6.32. The molecular weight excluding hydrogens is 444 g/mol. The van der Waals surface area contributed by atoms with Gasteiger partial charge >= 0.3 is 5.69 Å². The Morgan fingerprint density at radius 2 is 1.83 bits per heavy atom. The normalized spacial score (nSPS) is 11.6. The Balaban J connectivity index is 1.75. The Kier molecular flexibility index (Phi) is 5.86. The molecule has 0 aliphatic heterocycles. The number of imidazole rings is 1. The minimum absolute atomic E-state index is 0.139. The van der Waals surface area contributed by atoms with Crippen molar-refractivity contribution < 1.29 is 9.47 Å². The van der Waals surface area contributed by atoms with Gasteiger partial charge in [0.15, 0.2) is 0 Å². The van der Waals surface area contributed by atoms with Crippen LogP contribution in [-0.4, -0.2) is 49.2 Å². The average Bonchev–Trinajstić information content (AvgIpc) is 3.29. The first-order chi connectivity index (χ1) is 16.9. The fraction of sp³-hybridized carbons (Fsp3) is 0.308. The van der Waals surface area contributed by atoms with Crippen LogP contribution in [0.1, 0.15) is 18.3 Å². The second-order valence-corrected chi connectivity index (χ2v) is 8.45. The van der Waals surface area contributed by atoms with E-state index in [1.807, 2.05) is 49.7 Å². The molecule has 0 saturated carbocycles. The van der Waals surface area contributed by atoms with Gasteiger partial charge in [-0.15, -0.1) is 0 Å². The number of fused-ring (bicyclic) bond motifs is 3. The average molecular weight is 473 g/mol. The summed E-state index contributed by atoms with van der Waals surface area (Å²) in [6.07, 6.45) is 3.56. The molecular formula is C26H28N6O3. The van der Waals surface area contributed by atoms with Crippen LogP contribution in [0.25, 0.3) is 38.8 Å². The first kappa shape index (κ1) is 22.8. The molecule has 0 spiro atoms. The minimum atomic E-state index is -0.139. The molecule has 0 saturated heterocycles. The summed E-state index contributed by atoms with van der Waals surface area (Å²) in [5.74, 6) is 0.592. The third-order valence-electron chi connectivity index (χ3n) is 6.32. The molecule has 0 bridgehead atoms. The van der Waals surface area contributed by atoms with Gasteiger partial charge in [-0.3, -0.25) is 18.8 Å². The van der Waals surface area contributed by atoms with Crippen LogP contribution in [0.3, 0.4) is 0 Å². The lowest BCUT2D eigenvalue weighted by Crippen LogP contribution is -2.22. The van der Waals surface area contributed by atoms with E-state index in [9.17, 15) is 4.79 Å². The van der Waals surface area contributed by atoms with Crippen LogP contribution in [0, 0.1) is 13.8 Å². The summed E-state index contributed by atoms with van der Waals surface area (Å²) in [6.45, 7) is 7.56. The van der Waals surface area contributed by atoms with Gasteiger partial charge in [0.05, 0.1) is 59.6 Å². The Labute approximate surface area is 202 Å². The summed E-state index contributed by atoms with van der Waals surface area (Å²) in [5.41, 5.74) is 6.65. The van der Waals surface area contributed by atoms with Crippen molar-refractivity contribution in [3.8, 4) is 22.7 Å². The molecule has 0 N–H and O–H groups in total. The first-order valence-corrected chi connectivity index (χ1v) is 11.6. The predicted molar refractivity (Wildman–Crippen MR) is 135 cm³/mol. The topological polar surface area (TPSA) is 89.0 Å². The maximum Gasteiger partial charge on any atom is 0.333 e. The molecule has 9 heteroatoms. The van der Waals surface area contributed by atoms with Crippen LogP contribution in [0.4, 0.5) is 0 Å². The lowest BCUT2D eigenvalue weighted by Gasteiger charge is -2.09. The van der Waals surface area contributed by atoms with Crippen molar-refractivity contribution in [2.45, 2.75) is 27.3 Å². The Hall–Kier alpha value is -3.98. The van der Waals surface area contributed by atoms with Gasteiger partial charge in [0.25, 0.3) is 0 Å². The minimum Gasteiger partial charge on any atom is -0.478 e. The highest BCUT2D eigenvalue weighted by Crippen LogP contribution is 2.31. The number of hydrogen-bond acceptors (Lipinski definition) is 6. The van der Waals surface area contributed by atoms with Crippen molar-refractivity contribution in [3.63, 3.8) is 0 Å². The molecule has 4 heterocycles. The van der Waals surface area contributed by atoms with E-state index >= 15 is 0 Å². The number of rotatable bonds is 7. The quantitative estimate of drug-likeness (QED) is 0.358. The second kappa shape index (κ2) is 8.99. The molecule has 1 aromatic carbocycles. The van der Waals surface area contributed by atoms with E-state index in [0.29, 0.717) is 25.6 Å². The molecule has 0 atom stereocenters. The van der Waals surface area contributed by atoms with Crippen LogP contribution < -0.4 is 10.4 Å². The van der Waals surface area contributed by atoms with Gasteiger partial charge in [-0.1, -0.05) is 6.07 Å². The summed E-state index contributed by atoms with van der Waals surface area (Å²) in [4.78, 5) is 22.6. The van der Waals surface area contributed by atoms with Gasteiger partial charge in [0.2, 0.25) is 5.88 Å². The number of methoxy groups -OCH3 is 1. The zero-order valence-electron chi connectivity index (χ0n) is 20.6. The number of benzene rings is 1. The molecule has 0 unspecified atom stereocenters. The summed E-state index contributed by atoms with van der Waals surface area (Å²) in [5, 5.41) is 5.57. The maximum atomic E-state index is 13.5. The molecule has 0 aliphatic carbocycles. The van der Waals surface area contributed by atoms with E-state index in [1.165, 1.54) is 0 Å². The molecule has 0 amide bonds. The van der Waals surface area contributed by atoms with Crippen LogP contribution in [0.15, 0.2) is 47.5 Å². The van der Waals surface area contributed by atoms with E-state index in [-0.39, 0.29) is 5.69 Å².